The maximum Gasteiger partial charge on any atom is 0.122 e. The summed E-state index contributed by atoms with van der Waals surface area (Å²) in [7, 11) is 1.65. The van der Waals surface area contributed by atoms with Gasteiger partial charge in [-0.1, -0.05) is 50.9 Å². The molecular weight excluding hydrogens is 279 g/mol. The Morgan fingerprint density at radius 1 is 0.895 bits per heavy atom. The van der Waals surface area contributed by atoms with Crippen molar-refractivity contribution in [3.05, 3.63) is 39.9 Å². The SMILES string of the molecule is CC.CC.COc1cc2c(Cl)cc(Cl)cc2cc1C. The number of rotatable bonds is 1. The molecule has 0 unspecified atom stereocenters. The number of hydrogen-bond donors (Lipinski definition) is 0. The highest BCUT2D eigenvalue weighted by Gasteiger charge is 2.05. The van der Waals surface area contributed by atoms with Crippen molar-refractivity contribution in [3.63, 3.8) is 0 Å². The fraction of sp³-hybridized carbons (Fsp3) is 0.375. The fourth-order valence-corrected chi connectivity index (χ4v) is 2.21. The third-order valence-electron chi connectivity index (χ3n) is 2.38. The summed E-state index contributed by atoms with van der Waals surface area (Å²) < 4.78 is 5.25. The summed E-state index contributed by atoms with van der Waals surface area (Å²) in [5, 5.41) is 3.29. The lowest BCUT2D eigenvalue weighted by Gasteiger charge is -2.08. The van der Waals surface area contributed by atoms with Crippen LogP contribution in [0.5, 0.6) is 5.75 Å². The maximum atomic E-state index is 6.10. The second-order valence-corrected chi connectivity index (χ2v) is 4.27. The van der Waals surface area contributed by atoms with Gasteiger partial charge in [-0.2, -0.15) is 0 Å². The van der Waals surface area contributed by atoms with Gasteiger partial charge in [-0.05, 0) is 42.1 Å². The van der Waals surface area contributed by atoms with Gasteiger partial charge in [0, 0.05) is 10.4 Å². The summed E-state index contributed by atoms with van der Waals surface area (Å²) in [6.45, 7) is 9.99. The first-order valence-corrected chi connectivity index (χ1v) is 7.31. The Morgan fingerprint density at radius 2 is 1.47 bits per heavy atom. The summed E-state index contributed by atoms with van der Waals surface area (Å²) >= 11 is 12.0. The van der Waals surface area contributed by atoms with E-state index >= 15 is 0 Å². The van der Waals surface area contributed by atoms with Gasteiger partial charge in [-0.25, -0.2) is 0 Å². The van der Waals surface area contributed by atoms with Crippen molar-refractivity contribution in [2.75, 3.05) is 7.11 Å². The molecule has 106 valence electrons. The van der Waals surface area contributed by atoms with Gasteiger partial charge in [0.25, 0.3) is 0 Å². The summed E-state index contributed by atoms with van der Waals surface area (Å²) in [5.74, 6) is 0.840. The van der Waals surface area contributed by atoms with Crippen molar-refractivity contribution < 1.29 is 4.74 Å². The Balaban J connectivity index is 0.000000741. The van der Waals surface area contributed by atoms with E-state index in [1.165, 1.54) is 0 Å². The Kier molecular flexibility index (Phi) is 8.62. The number of halogens is 2. The van der Waals surface area contributed by atoms with Gasteiger partial charge in [0.1, 0.15) is 5.75 Å². The van der Waals surface area contributed by atoms with Gasteiger partial charge in [-0.15, -0.1) is 0 Å². The monoisotopic (exact) mass is 300 g/mol. The summed E-state index contributed by atoms with van der Waals surface area (Å²) in [4.78, 5) is 0. The van der Waals surface area contributed by atoms with Gasteiger partial charge in [0.2, 0.25) is 0 Å². The topological polar surface area (TPSA) is 9.23 Å². The minimum Gasteiger partial charge on any atom is -0.496 e. The Hall–Kier alpha value is -0.920. The molecule has 0 amide bonds. The van der Waals surface area contributed by atoms with E-state index < -0.39 is 0 Å². The van der Waals surface area contributed by atoms with Crippen LogP contribution in [0.4, 0.5) is 0 Å². The molecule has 3 heteroatoms. The van der Waals surface area contributed by atoms with Crippen LogP contribution in [-0.4, -0.2) is 7.11 Å². The molecular formula is C16H22Cl2O. The Bertz CT molecular complexity index is 522. The molecule has 0 spiro atoms. The van der Waals surface area contributed by atoms with Crippen molar-refractivity contribution in [2.45, 2.75) is 34.6 Å². The predicted molar refractivity (Wildman–Crippen MR) is 88.0 cm³/mol. The number of benzene rings is 2. The summed E-state index contributed by atoms with van der Waals surface area (Å²) in [6, 6.07) is 7.59. The first kappa shape index (κ1) is 18.1. The maximum absolute atomic E-state index is 6.10. The van der Waals surface area contributed by atoms with Gasteiger partial charge >= 0.3 is 0 Å². The van der Waals surface area contributed by atoms with Crippen LogP contribution in [0, 0.1) is 6.92 Å². The van der Waals surface area contributed by atoms with Crippen LogP contribution in [0.1, 0.15) is 33.3 Å². The zero-order chi connectivity index (χ0) is 15.0. The van der Waals surface area contributed by atoms with E-state index in [4.69, 9.17) is 27.9 Å². The van der Waals surface area contributed by atoms with Gasteiger partial charge in [0.15, 0.2) is 0 Å². The van der Waals surface area contributed by atoms with Crippen molar-refractivity contribution in [3.8, 4) is 5.75 Å². The van der Waals surface area contributed by atoms with E-state index in [9.17, 15) is 0 Å². The molecule has 0 bridgehead atoms. The smallest absolute Gasteiger partial charge is 0.122 e. The van der Waals surface area contributed by atoms with Crippen LogP contribution in [0.25, 0.3) is 10.8 Å². The summed E-state index contributed by atoms with van der Waals surface area (Å²) in [6.07, 6.45) is 0. The Labute approximate surface area is 126 Å². The average molecular weight is 301 g/mol. The molecule has 2 rings (SSSR count). The van der Waals surface area contributed by atoms with E-state index in [2.05, 4.69) is 0 Å². The number of fused-ring (bicyclic) bond motifs is 1. The third-order valence-corrected chi connectivity index (χ3v) is 2.91. The minimum atomic E-state index is 0.649. The highest BCUT2D eigenvalue weighted by atomic mass is 35.5. The molecule has 0 atom stereocenters. The second kappa shape index (κ2) is 9.06. The van der Waals surface area contributed by atoms with E-state index in [-0.39, 0.29) is 0 Å². The van der Waals surface area contributed by atoms with Crippen LogP contribution in [0.2, 0.25) is 10.0 Å². The first-order chi connectivity index (χ1) is 9.11. The minimum absolute atomic E-state index is 0.649. The van der Waals surface area contributed by atoms with E-state index in [0.29, 0.717) is 10.0 Å². The normalized spacial score (nSPS) is 9.05. The van der Waals surface area contributed by atoms with Crippen molar-refractivity contribution in [1.29, 1.82) is 0 Å². The molecule has 0 aliphatic rings. The number of hydrogen-bond acceptors (Lipinski definition) is 1. The van der Waals surface area contributed by atoms with Crippen LogP contribution >= 0.6 is 23.2 Å². The molecule has 0 fully saturated rings. The lowest BCUT2D eigenvalue weighted by atomic mass is 10.1. The van der Waals surface area contributed by atoms with Gasteiger partial charge in [0.05, 0.1) is 12.1 Å². The number of ether oxygens (including phenoxy) is 1. The van der Waals surface area contributed by atoms with Gasteiger partial charge < -0.3 is 4.74 Å². The standard InChI is InChI=1S/C12H10Cl2O.2C2H6/c1-7-3-8-4-9(13)5-11(14)10(8)6-12(7)15-2;2*1-2/h3-6H,1-2H3;2*1-2H3. The molecule has 0 saturated heterocycles. The molecule has 0 saturated carbocycles. The van der Waals surface area contributed by atoms with Crippen molar-refractivity contribution >= 4 is 34.0 Å². The molecule has 0 N–H and O–H groups in total. The molecule has 2 aromatic carbocycles. The lowest BCUT2D eigenvalue weighted by molar-refractivity contribution is 0.412. The molecule has 0 aromatic heterocycles. The summed E-state index contributed by atoms with van der Waals surface area (Å²) in [5.41, 5.74) is 1.07. The van der Waals surface area contributed by atoms with E-state index in [1.807, 2.05) is 52.8 Å². The lowest BCUT2D eigenvalue weighted by Crippen LogP contribution is -1.87. The van der Waals surface area contributed by atoms with Crippen LogP contribution < -0.4 is 4.74 Å². The van der Waals surface area contributed by atoms with Crippen LogP contribution in [0.15, 0.2) is 24.3 Å². The molecule has 0 radical (unpaired) electrons. The third kappa shape index (κ3) is 4.59. The largest absolute Gasteiger partial charge is 0.496 e. The highest BCUT2D eigenvalue weighted by molar-refractivity contribution is 6.38. The fourth-order valence-electron chi connectivity index (χ4n) is 1.65. The predicted octanol–water partition coefficient (Wildman–Crippen LogP) is 6.52. The van der Waals surface area contributed by atoms with E-state index in [0.717, 1.165) is 22.1 Å². The van der Waals surface area contributed by atoms with E-state index in [1.54, 1.807) is 13.2 Å². The average Bonchev–Trinajstić information content (AvgIpc) is 2.42. The zero-order valence-electron chi connectivity index (χ0n) is 12.5. The second-order valence-electron chi connectivity index (χ2n) is 3.43. The van der Waals surface area contributed by atoms with Crippen LogP contribution in [-0.2, 0) is 0 Å². The zero-order valence-corrected chi connectivity index (χ0v) is 14.0. The highest BCUT2D eigenvalue weighted by Crippen LogP contribution is 2.32. The molecule has 0 aliphatic carbocycles. The van der Waals surface area contributed by atoms with Crippen LogP contribution in [0.3, 0.4) is 0 Å². The molecule has 19 heavy (non-hydrogen) atoms. The first-order valence-electron chi connectivity index (χ1n) is 6.55. The molecule has 0 heterocycles. The van der Waals surface area contributed by atoms with Gasteiger partial charge in [-0.3, -0.25) is 0 Å². The number of aryl methyl sites for hydroxylation is 1. The van der Waals surface area contributed by atoms with Crippen molar-refractivity contribution in [2.24, 2.45) is 0 Å². The quantitative estimate of drug-likeness (QED) is 0.583. The number of methoxy groups -OCH3 is 1. The molecule has 1 nitrogen and oxygen atoms in total. The Morgan fingerprint density at radius 3 is 2.00 bits per heavy atom. The molecule has 2 aromatic rings. The van der Waals surface area contributed by atoms with Crippen molar-refractivity contribution in [1.82, 2.24) is 0 Å². The molecule has 0 aliphatic heterocycles.